The fraction of sp³-hybridized carbons (Fsp3) is 0. The van der Waals surface area contributed by atoms with Gasteiger partial charge in [0, 0.05) is 0 Å². The van der Waals surface area contributed by atoms with Crippen LogP contribution in [0.2, 0.25) is 10.0 Å². The predicted molar refractivity (Wildman–Crippen MR) is 45.5 cm³/mol. The Labute approximate surface area is 83.3 Å². The lowest BCUT2D eigenvalue weighted by Crippen LogP contribution is -2.22. The number of carbonyl (C=O) groups excluding carboxylic acids is 1. The molecule has 66 valence electrons. The number of hydrogen-bond acceptors (Lipinski definition) is 3. The summed E-state index contributed by atoms with van der Waals surface area (Å²) in [6, 6.07) is 2.61. The summed E-state index contributed by atoms with van der Waals surface area (Å²) in [6.45, 7) is 0. The molecule has 4 nitrogen and oxygen atoms in total. The summed E-state index contributed by atoms with van der Waals surface area (Å²) in [5.41, 5.74) is -0.717. The van der Waals surface area contributed by atoms with Crippen molar-refractivity contribution in [3.05, 3.63) is 32.7 Å². The third-order valence-corrected chi connectivity index (χ3v) is 2.00. The highest BCUT2D eigenvalue weighted by atomic mass is 35.5. The van der Waals surface area contributed by atoms with Gasteiger partial charge < -0.3 is 9.90 Å². The number of nitrogens with zero attached hydrogens (tertiary/aromatic N) is 2. The van der Waals surface area contributed by atoms with Crippen LogP contribution in [0.4, 0.5) is 5.69 Å². The van der Waals surface area contributed by atoms with Gasteiger partial charge in [0.25, 0.3) is 0 Å². The summed E-state index contributed by atoms with van der Waals surface area (Å²) in [5.74, 6) is -1.54. The van der Waals surface area contributed by atoms with Crippen LogP contribution in [-0.4, -0.2) is 5.97 Å². The second kappa shape index (κ2) is 3.60. The highest BCUT2D eigenvalue weighted by molar-refractivity contribution is 6.38. The standard InChI is InChI=1S/C7H2Cl2N2O2/c8-3-1-2-4(9)6(11-10)5(3)7(12)13/h1-2H. The summed E-state index contributed by atoms with van der Waals surface area (Å²) in [4.78, 5) is 13.2. The van der Waals surface area contributed by atoms with Crippen molar-refractivity contribution in [3.8, 4) is 0 Å². The van der Waals surface area contributed by atoms with Crippen molar-refractivity contribution in [2.45, 2.75) is 0 Å². The van der Waals surface area contributed by atoms with Crippen molar-refractivity contribution in [3.63, 3.8) is 0 Å². The molecule has 1 aromatic rings. The van der Waals surface area contributed by atoms with E-state index >= 15 is 0 Å². The van der Waals surface area contributed by atoms with E-state index < -0.39 is 11.5 Å². The zero-order valence-corrected chi connectivity index (χ0v) is 7.63. The van der Waals surface area contributed by atoms with Crippen LogP contribution in [0.25, 0.3) is 4.98 Å². The Balaban J connectivity index is 3.55. The van der Waals surface area contributed by atoms with Gasteiger partial charge in [0.2, 0.25) is 5.39 Å². The Bertz CT molecular complexity index is 412. The number of diazo groups is 1. The second-order valence-electron chi connectivity index (χ2n) is 2.14. The fourth-order valence-electron chi connectivity index (χ4n) is 0.833. The molecular weight excluding hydrogens is 215 g/mol. The number of rotatable bonds is 1. The average Bonchev–Trinajstić information content (AvgIpc) is 2.07. The molecule has 1 aromatic carbocycles. The molecule has 0 aromatic heterocycles. The summed E-state index contributed by atoms with van der Waals surface area (Å²) >= 11 is 11.1. The van der Waals surface area contributed by atoms with E-state index in [1.165, 1.54) is 12.1 Å². The van der Waals surface area contributed by atoms with Crippen molar-refractivity contribution in [2.24, 2.45) is 0 Å². The minimum Gasteiger partial charge on any atom is -0.544 e. The van der Waals surface area contributed by atoms with Crippen molar-refractivity contribution in [1.82, 2.24) is 0 Å². The number of carbonyl (C=O) groups is 1. The Kier molecular flexibility index (Phi) is 2.71. The third kappa shape index (κ3) is 1.72. The Morgan fingerprint density at radius 3 is 2.31 bits per heavy atom. The summed E-state index contributed by atoms with van der Waals surface area (Å²) in [6.07, 6.45) is 0. The molecule has 0 radical (unpaired) electrons. The van der Waals surface area contributed by atoms with Gasteiger partial charge in [-0.1, -0.05) is 23.2 Å². The topological polar surface area (TPSA) is 68.3 Å². The van der Waals surface area contributed by atoms with Crippen LogP contribution in [-0.2, 0) is 0 Å². The number of carboxylic acid groups (broad SMARTS) is 1. The summed E-state index contributed by atoms with van der Waals surface area (Å²) in [7, 11) is 0. The van der Waals surface area contributed by atoms with Crippen LogP contribution in [0.5, 0.6) is 0 Å². The first-order valence-corrected chi connectivity index (χ1v) is 3.88. The molecule has 0 atom stereocenters. The van der Waals surface area contributed by atoms with Crippen molar-refractivity contribution < 1.29 is 9.90 Å². The van der Waals surface area contributed by atoms with Gasteiger partial charge in [-0.2, -0.15) is 0 Å². The van der Waals surface area contributed by atoms with E-state index in [4.69, 9.17) is 28.6 Å². The largest absolute Gasteiger partial charge is 0.544 e. The molecule has 0 bridgehead atoms. The molecule has 6 heteroatoms. The molecule has 0 unspecified atom stereocenters. The minimum atomic E-state index is -1.54. The zero-order chi connectivity index (χ0) is 10.0. The molecule has 0 saturated heterocycles. The van der Waals surface area contributed by atoms with Crippen LogP contribution in [0.3, 0.4) is 0 Å². The van der Waals surface area contributed by atoms with Crippen molar-refractivity contribution >= 4 is 34.9 Å². The molecule has 0 fully saturated rings. The maximum absolute atomic E-state index is 10.5. The molecule has 0 spiro atoms. The second-order valence-corrected chi connectivity index (χ2v) is 2.95. The summed E-state index contributed by atoms with van der Waals surface area (Å²) in [5, 5.41) is 18.9. The molecular formula is C7H2Cl2N2O2. The minimum absolute atomic E-state index is 0.00824. The van der Waals surface area contributed by atoms with Gasteiger partial charge in [-0.05, 0) is 12.1 Å². The Hall–Kier alpha value is -1.31. The molecule has 0 saturated carbocycles. The van der Waals surface area contributed by atoms with Crippen LogP contribution >= 0.6 is 23.2 Å². The van der Waals surface area contributed by atoms with Crippen molar-refractivity contribution in [1.29, 1.82) is 5.39 Å². The molecule has 0 heterocycles. The lowest BCUT2D eigenvalue weighted by atomic mass is 10.2. The lowest BCUT2D eigenvalue weighted by molar-refractivity contribution is -0.254. The molecule has 13 heavy (non-hydrogen) atoms. The maximum atomic E-state index is 10.5. The van der Waals surface area contributed by atoms with E-state index in [-0.39, 0.29) is 15.7 Å². The maximum Gasteiger partial charge on any atom is 0.413 e. The van der Waals surface area contributed by atoms with Gasteiger partial charge >= 0.3 is 5.69 Å². The zero-order valence-electron chi connectivity index (χ0n) is 6.12. The number of halogens is 2. The third-order valence-electron chi connectivity index (χ3n) is 1.38. The van der Waals surface area contributed by atoms with Crippen LogP contribution in [0.15, 0.2) is 12.1 Å². The number of carboxylic acids is 1. The smallest absolute Gasteiger partial charge is 0.413 e. The molecule has 0 N–H and O–H groups in total. The number of benzene rings is 1. The quantitative estimate of drug-likeness (QED) is 0.673. The van der Waals surface area contributed by atoms with E-state index in [0.717, 1.165) is 0 Å². The van der Waals surface area contributed by atoms with Gasteiger partial charge in [-0.25, -0.2) is 0 Å². The van der Waals surface area contributed by atoms with E-state index in [0.29, 0.717) is 0 Å². The van der Waals surface area contributed by atoms with E-state index in [2.05, 4.69) is 4.98 Å². The first kappa shape index (κ1) is 9.78. The molecule has 0 aliphatic rings. The van der Waals surface area contributed by atoms with E-state index in [9.17, 15) is 9.90 Å². The van der Waals surface area contributed by atoms with Gasteiger partial charge in [-0.3, -0.25) is 0 Å². The fourth-order valence-corrected chi connectivity index (χ4v) is 1.26. The van der Waals surface area contributed by atoms with Crippen LogP contribution < -0.4 is 5.11 Å². The van der Waals surface area contributed by atoms with Gasteiger partial charge in [0.1, 0.15) is 10.6 Å². The SMILES string of the molecule is N#[N+]c1c(Cl)ccc(Cl)c1C(=O)[O-]. The Morgan fingerprint density at radius 2 is 1.92 bits per heavy atom. The van der Waals surface area contributed by atoms with Gasteiger partial charge in [0.15, 0.2) is 4.98 Å². The predicted octanol–water partition coefficient (Wildman–Crippen LogP) is 1.84. The monoisotopic (exact) mass is 216 g/mol. The van der Waals surface area contributed by atoms with Gasteiger partial charge in [-0.15, -0.1) is 0 Å². The van der Waals surface area contributed by atoms with Crippen LogP contribution in [0.1, 0.15) is 10.4 Å². The van der Waals surface area contributed by atoms with Gasteiger partial charge in [0.05, 0.1) is 11.0 Å². The van der Waals surface area contributed by atoms with E-state index in [1.54, 1.807) is 0 Å². The highest BCUT2D eigenvalue weighted by Crippen LogP contribution is 2.33. The Morgan fingerprint density at radius 1 is 1.38 bits per heavy atom. The van der Waals surface area contributed by atoms with Crippen molar-refractivity contribution in [2.75, 3.05) is 0 Å². The molecule has 1 rings (SSSR count). The van der Waals surface area contributed by atoms with Crippen LogP contribution in [0, 0.1) is 5.39 Å². The first-order valence-electron chi connectivity index (χ1n) is 3.12. The molecule has 0 aliphatic heterocycles. The number of hydrogen-bond donors (Lipinski definition) is 0. The lowest BCUT2D eigenvalue weighted by Gasteiger charge is -2.01. The number of aromatic carboxylic acids is 1. The summed E-state index contributed by atoms with van der Waals surface area (Å²) < 4.78 is 0. The first-order chi connectivity index (χ1) is 6.07. The molecule has 0 amide bonds. The average molecular weight is 217 g/mol. The highest BCUT2D eigenvalue weighted by Gasteiger charge is 2.22. The normalized spacial score (nSPS) is 9.31. The molecule has 0 aliphatic carbocycles. The van der Waals surface area contributed by atoms with E-state index in [1.807, 2.05) is 0 Å².